The fraction of sp³-hybridized carbons (Fsp3) is 0.375. The molecule has 1 heterocycles. The van der Waals surface area contributed by atoms with Crippen molar-refractivity contribution < 1.29 is 0 Å². The monoisotopic (exact) mass is 319 g/mol. The number of benzene rings is 1. The van der Waals surface area contributed by atoms with Crippen molar-refractivity contribution in [3.8, 4) is 11.8 Å². The summed E-state index contributed by atoms with van der Waals surface area (Å²) < 4.78 is 1.62. The van der Waals surface area contributed by atoms with E-state index in [0.29, 0.717) is 21.7 Å². The lowest BCUT2D eigenvalue weighted by atomic mass is 10.0. The highest BCUT2D eigenvalue weighted by molar-refractivity contribution is 6.32. The average Bonchev–Trinajstić information content (AvgIpc) is 3.09. The van der Waals surface area contributed by atoms with Crippen LogP contribution in [0.2, 0.25) is 10.2 Å². The van der Waals surface area contributed by atoms with Gasteiger partial charge in [-0.25, -0.2) is 4.68 Å². The Morgan fingerprint density at radius 3 is 2.62 bits per heavy atom. The summed E-state index contributed by atoms with van der Waals surface area (Å²) in [4.78, 5) is 0. The number of nitrogens with zero attached hydrogens (tertiary/aromatic N) is 3. The standard InChI is InChI=1S/C16H15Cl2N3/c1-10-6-7-12(8-14(10)17)21-16(18)13(9-19)15(20-21)11-4-2-3-5-11/h6-8,11H,2-5H2,1H3. The molecule has 3 rings (SSSR count). The average molecular weight is 320 g/mol. The second kappa shape index (κ2) is 5.71. The SMILES string of the molecule is Cc1ccc(-n2nc(C3CCCC3)c(C#N)c2Cl)cc1Cl. The topological polar surface area (TPSA) is 41.6 Å². The number of hydrogen-bond donors (Lipinski definition) is 0. The first kappa shape index (κ1) is 14.4. The van der Waals surface area contributed by atoms with Crippen LogP contribution in [-0.4, -0.2) is 9.78 Å². The minimum atomic E-state index is 0.347. The molecule has 1 aromatic heterocycles. The van der Waals surface area contributed by atoms with Gasteiger partial charge < -0.3 is 0 Å². The second-order valence-corrected chi connectivity index (χ2v) is 6.25. The molecular weight excluding hydrogens is 305 g/mol. The summed E-state index contributed by atoms with van der Waals surface area (Å²) in [5.41, 5.74) is 3.12. The van der Waals surface area contributed by atoms with Crippen molar-refractivity contribution in [1.29, 1.82) is 5.26 Å². The number of nitriles is 1. The van der Waals surface area contributed by atoms with E-state index in [1.807, 2.05) is 25.1 Å². The molecule has 1 aliphatic carbocycles. The van der Waals surface area contributed by atoms with Crippen LogP contribution in [0.1, 0.15) is 48.4 Å². The minimum absolute atomic E-state index is 0.347. The first-order chi connectivity index (χ1) is 10.1. The van der Waals surface area contributed by atoms with Gasteiger partial charge in [0.1, 0.15) is 11.6 Å². The van der Waals surface area contributed by atoms with Gasteiger partial charge >= 0.3 is 0 Å². The van der Waals surface area contributed by atoms with Crippen molar-refractivity contribution in [2.24, 2.45) is 0 Å². The van der Waals surface area contributed by atoms with Gasteiger partial charge in [0, 0.05) is 10.9 Å². The second-order valence-electron chi connectivity index (χ2n) is 5.49. The third kappa shape index (κ3) is 2.54. The summed E-state index contributed by atoms with van der Waals surface area (Å²) >= 11 is 12.5. The normalized spacial score (nSPS) is 15.3. The lowest BCUT2D eigenvalue weighted by Gasteiger charge is -2.06. The molecule has 0 bridgehead atoms. The molecule has 108 valence electrons. The summed E-state index contributed by atoms with van der Waals surface area (Å²) in [6.45, 7) is 1.95. The molecule has 2 aromatic rings. The predicted molar refractivity (Wildman–Crippen MR) is 84.2 cm³/mol. The lowest BCUT2D eigenvalue weighted by Crippen LogP contribution is -2.00. The van der Waals surface area contributed by atoms with E-state index < -0.39 is 0 Å². The van der Waals surface area contributed by atoms with Crippen molar-refractivity contribution in [3.05, 3.63) is 45.2 Å². The Morgan fingerprint density at radius 2 is 2.00 bits per heavy atom. The molecule has 1 aromatic carbocycles. The van der Waals surface area contributed by atoms with Gasteiger partial charge in [-0.1, -0.05) is 42.1 Å². The molecule has 1 aliphatic rings. The van der Waals surface area contributed by atoms with E-state index in [1.54, 1.807) is 4.68 Å². The van der Waals surface area contributed by atoms with Crippen molar-refractivity contribution in [2.45, 2.75) is 38.5 Å². The van der Waals surface area contributed by atoms with Crippen molar-refractivity contribution in [3.63, 3.8) is 0 Å². The zero-order valence-electron chi connectivity index (χ0n) is 11.7. The summed E-state index contributed by atoms with van der Waals surface area (Å²) in [5, 5.41) is 15.1. The highest BCUT2D eigenvalue weighted by Gasteiger charge is 2.26. The van der Waals surface area contributed by atoms with Gasteiger partial charge in [0.05, 0.1) is 11.4 Å². The van der Waals surface area contributed by atoms with Crippen LogP contribution in [0.15, 0.2) is 18.2 Å². The van der Waals surface area contributed by atoms with Gasteiger partial charge in [-0.2, -0.15) is 10.4 Å². The highest BCUT2D eigenvalue weighted by atomic mass is 35.5. The van der Waals surface area contributed by atoms with Gasteiger partial charge in [0.2, 0.25) is 0 Å². The van der Waals surface area contributed by atoms with E-state index in [1.165, 1.54) is 12.8 Å². The summed E-state index contributed by atoms with van der Waals surface area (Å²) in [7, 11) is 0. The van der Waals surface area contributed by atoms with Crippen LogP contribution in [0.25, 0.3) is 5.69 Å². The van der Waals surface area contributed by atoms with Crippen LogP contribution >= 0.6 is 23.2 Å². The maximum Gasteiger partial charge on any atom is 0.150 e. The fourth-order valence-corrected chi connectivity index (χ4v) is 3.34. The molecule has 1 saturated carbocycles. The number of rotatable bonds is 2. The molecule has 1 fully saturated rings. The van der Waals surface area contributed by atoms with Gasteiger partial charge in [0.15, 0.2) is 5.15 Å². The first-order valence-corrected chi connectivity index (χ1v) is 7.82. The van der Waals surface area contributed by atoms with E-state index in [9.17, 15) is 5.26 Å². The van der Waals surface area contributed by atoms with Crippen molar-refractivity contribution in [2.75, 3.05) is 0 Å². The summed E-state index contributed by atoms with van der Waals surface area (Å²) in [6.07, 6.45) is 4.54. The maximum atomic E-state index is 9.40. The van der Waals surface area contributed by atoms with Gasteiger partial charge in [-0.3, -0.25) is 0 Å². The van der Waals surface area contributed by atoms with E-state index in [4.69, 9.17) is 23.2 Å². The third-order valence-corrected chi connectivity index (χ3v) is 4.87. The molecule has 0 unspecified atom stereocenters. The third-order valence-electron chi connectivity index (χ3n) is 4.11. The number of aromatic nitrogens is 2. The van der Waals surface area contributed by atoms with E-state index in [2.05, 4.69) is 11.2 Å². The van der Waals surface area contributed by atoms with Crippen molar-refractivity contribution >= 4 is 23.2 Å². The first-order valence-electron chi connectivity index (χ1n) is 7.07. The van der Waals surface area contributed by atoms with Crippen LogP contribution in [0.4, 0.5) is 0 Å². The summed E-state index contributed by atoms with van der Waals surface area (Å²) in [6, 6.07) is 7.88. The number of aryl methyl sites for hydroxylation is 1. The molecule has 0 radical (unpaired) electrons. The molecule has 3 nitrogen and oxygen atoms in total. The van der Waals surface area contributed by atoms with E-state index >= 15 is 0 Å². The predicted octanol–water partition coefficient (Wildman–Crippen LogP) is 5.02. The highest BCUT2D eigenvalue weighted by Crippen LogP contribution is 2.37. The largest absolute Gasteiger partial charge is 0.220 e. The van der Waals surface area contributed by atoms with Gasteiger partial charge in [-0.05, 0) is 37.5 Å². The minimum Gasteiger partial charge on any atom is -0.220 e. The Balaban J connectivity index is 2.10. The number of hydrogen-bond acceptors (Lipinski definition) is 2. The quantitative estimate of drug-likeness (QED) is 0.780. The number of halogens is 2. The zero-order valence-corrected chi connectivity index (χ0v) is 13.2. The Hall–Kier alpha value is -1.50. The van der Waals surface area contributed by atoms with Crippen LogP contribution in [0, 0.1) is 18.3 Å². The lowest BCUT2D eigenvalue weighted by molar-refractivity contribution is 0.677. The summed E-state index contributed by atoms with van der Waals surface area (Å²) in [5.74, 6) is 0.347. The zero-order chi connectivity index (χ0) is 15.0. The molecule has 0 N–H and O–H groups in total. The maximum absolute atomic E-state index is 9.40. The Kier molecular flexibility index (Phi) is 3.93. The Labute approximate surface area is 134 Å². The van der Waals surface area contributed by atoms with Crippen LogP contribution < -0.4 is 0 Å². The van der Waals surface area contributed by atoms with E-state index in [0.717, 1.165) is 29.8 Å². The fourth-order valence-electron chi connectivity index (χ4n) is 2.89. The van der Waals surface area contributed by atoms with Gasteiger partial charge in [0.25, 0.3) is 0 Å². The molecule has 0 spiro atoms. The van der Waals surface area contributed by atoms with Crippen LogP contribution in [0.3, 0.4) is 0 Å². The van der Waals surface area contributed by atoms with E-state index in [-0.39, 0.29) is 0 Å². The van der Waals surface area contributed by atoms with Crippen LogP contribution in [-0.2, 0) is 0 Å². The Morgan fingerprint density at radius 1 is 1.29 bits per heavy atom. The molecule has 21 heavy (non-hydrogen) atoms. The Bertz CT molecular complexity index is 722. The molecular formula is C16H15Cl2N3. The molecule has 5 heteroatoms. The molecule has 0 atom stereocenters. The smallest absolute Gasteiger partial charge is 0.150 e. The molecule has 0 amide bonds. The van der Waals surface area contributed by atoms with Crippen LogP contribution in [0.5, 0.6) is 0 Å². The van der Waals surface area contributed by atoms with Crippen molar-refractivity contribution in [1.82, 2.24) is 9.78 Å². The molecule has 0 aliphatic heterocycles. The molecule has 0 saturated heterocycles. The van der Waals surface area contributed by atoms with Gasteiger partial charge in [-0.15, -0.1) is 0 Å².